The van der Waals surface area contributed by atoms with Crippen molar-refractivity contribution in [2.75, 3.05) is 11.5 Å². The van der Waals surface area contributed by atoms with E-state index < -0.39 is 24.4 Å². The summed E-state index contributed by atoms with van der Waals surface area (Å²) in [6.07, 6.45) is 0.824. The molecule has 0 radical (unpaired) electrons. The number of alkyl halides is 2. The van der Waals surface area contributed by atoms with E-state index in [1.807, 2.05) is 42.5 Å². The van der Waals surface area contributed by atoms with Crippen molar-refractivity contribution in [1.82, 2.24) is 0 Å². The molecule has 192 valence electrons. The normalized spacial score (nSPS) is 27.5. The van der Waals surface area contributed by atoms with Crippen LogP contribution in [0, 0.1) is 23.7 Å². The van der Waals surface area contributed by atoms with Crippen LogP contribution in [0.1, 0.15) is 27.1 Å². The molecule has 6 nitrogen and oxygen atoms in total. The number of nitrogens with zero attached hydrogens (tertiary/aromatic N) is 1. The minimum absolute atomic E-state index is 0.0702. The summed E-state index contributed by atoms with van der Waals surface area (Å²) in [7, 11) is 0. The van der Waals surface area contributed by atoms with Crippen molar-refractivity contribution in [2.45, 2.75) is 16.1 Å². The van der Waals surface area contributed by atoms with Crippen molar-refractivity contribution in [3.05, 3.63) is 90.0 Å². The molecular weight excluding hydrogens is 614 g/mol. The van der Waals surface area contributed by atoms with Gasteiger partial charge in [0.15, 0.2) is 12.4 Å². The highest BCUT2D eigenvalue weighted by Gasteiger charge is 2.66. The van der Waals surface area contributed by atoms with Crippen LogP contribution in [0.3, 0.4) is 0 Å². The number of benzene rings is 3. The molecule has 0 spiro atoms. The Balaban J connectivity index is 1.17. The number of rotatable bonds is 6. The Morgan fingerprint density at radius 2 is 1.32 bits per heavy atom. The van der Waals surface area contributed by atoms with Crippen molar-refractivity contribution < 1.29 is 23.9 Å². The van der Waals surface area contributed by atoms with Crippen LogP contribution < -0.4 is 4.90 Å². The number of fused-ring (bicyclic) bond motifs is 5. The van der Waals surface area contributed by atoms with Gasteiger partial charge in [0.25, 0.3) is 0 Å². The van der Waals surface area contributed by atoms with Crippen molar-refractivity contribution >= 4 is 61.1 Å². The van der Waals surface area contributed by atoms with Gasteiger partial charge in [-0.2, -0.15) is 0 Å². The second kappa shape index (κ2) is 9.89. The average Bonchev–Trinajstić information content (AvgIpc) is 3.56. The molecule has 0 aromatic heterocycles. The summed E-state index contributed by atoms with van der Waals surface area (Å²) >= 11 is 7.39. The lowest BCUT2D eigenvalue weighted by atomic mass is 9.81. The first-order chi connectivity index (χ1) is 18.4. The molecule has 1 saturated heterocycles. The molecule has 3 fully saturated rings. The second-order valence-corrected chi connectivity index (χ2v) is 12.1. The number of esters is 1. The summed E-state index contributed by atoms with van der Waals surface area (Å²) in [4.78, 5) is 54.1. The molecule has 6 rings (SSSR count). The Morgan fingerprint density at radius 1 is 0.763 bits per heavy atom. The molecule has 8 heteroatoms. The molecular formula is C30H23Br2NO5. The lowest BCUT2D eigenvalue weighted by molar-refractivity contribution is -0.123. The minimum Gasteiger partial charge on any atom is -0.454 e. The van der Waals surface area contributed by atoms with Crippen molar-refractivity contribution in [3.8, 4) is 11.1 Å². The van der Waals surface area contributed by atoms with Crippen LogP contribution in [0.15, 0.2) is 78.9 Å². The molecule has 0 N–H and O–H groups in total. The Hall–Kier alpha value is -3.10. The molecule has 1 heterocycles. The maximum Gasteiger partial charge on any atom is 0.340 e. The third-order valence-electron chi connectivity index (χ3n) is 8.00. The van der Waals surface area contributed by atoms with Crippen molar-refractivity contribution in [2.24, 2.45) is 23.7 Å². The lowest BCUT2D eigenvalue weighted by Gasteiger charge is -2.28. The van der Waals surface area contributed by atoms with Crippen LogP contribution in [0.25, 0.3) is 11.1 Å². The average molecular weight is 637 g/mol. The van der Waals surface area contributed by atoms with Crippen LogP contribution in [0.5, 0.6) is 0 Å². The summed E-state index contributed by atoms with van der Waals surface area (Å²) in [6.45, 7) is -0.453. The first kappa shape index (κ1) is 25.2. The standard InChI is InChI=1S/C30H23Br2NO5/c31-26-20-14-21(27(26)32)25-24(20)28(35)33(29(25)36)22-9-5-4-8-19(22)30(37)38-15-23(34)18-12-10-17(11-13-18)16-6-2-1-3-7-16/h1-13,20-21,24-27H,14-15H2/t20-,21-,24-,25+,26+,27+/m1/s1. The highest BCUT2D eigenvalue weighted by molar-refractivity contribution is 9.12. The zero-order valence-corrected chi connectivity index (χ0v) is 23.3. The molecule has 3 aliphatic rings. The Morgan fingerprint density at radius 3 is 1.95 bits per heavy atom. The first-order valence-corrected chi connectivity index (χ1v) is 14.3. The SMILES string of the molecule is O=C(COC(=O)c1ccccc1N1C(=O)[C@@H]2[C@H]3C[C@@H]([C@H](Br)[C@H]3Br)[C@@H]2C1=O)c1ccc(-c2ccccc2)cc1. The monoisotopic (exact) mass is 635 g/mol. The van der Waals surface area contributed by atoms with Gasteiger partial charge in [-0.25, -0.2) is 9.69 Å². The molecule has 6 atom stereocenters. The number of para-hydroxylation sites is 1. The van der Waals surface area contributed by atoms with Crippen molar-refractivity contribution in [3.63, 3.8) is 0 Å². The fraction of sp³-hybridized carbons (Fsp3) is 0.267. The van der Waals surface area contributed by atoms with Gasteiger partial charge in [-0.1, -0.05) is 98.6 Å². The number of Topliss-reactive ketones (excluding diaryl/α,β-unsaturated/α-hetero) is 1. The van der Waals surface area contributed by atoms with Crippen molar-refractivity contribution in [1.29, 1.82) is 0 Å². The molecule has 2 bridgehead atoms. The zero-order valence-electron chi connectivity index (χ0n) is 20.1. The number of hydrogen-bond donors (Lipinski definition) is 0. The molecule has 0 unspecified atom stereocenters. The van der Waals surface area contributed by atoms with E-state index in [9.17, 15) is 19.2 Å². The number of hydrogen-bond acceptors (Lipinski definition) is 5. The van der Waals surface area contributed by atoms with E-state index in [4.69, 9.17) is 4.74 Å². The van der Waals surface area contributed by atoms with Gasteiger partial charge in [0.1, 0.15) is 0 Å². The summed E-state index contributed by atoms with van der Waals surface area (Å²) in [5.74, 6) is -2.29. The van der Waals surface area contributed by atoms with E-state index >= 15 is 0 Å². The quantitative estimate of drug-likeness (QED) is 0.151. The summed E-state index contributed by atoms with van der Waals surface area (Å²) < 4.78 is 5.36. The topological polar surface area (TPSA) is 80.8 Å². The number of amides is 2. The van der Waals surface area contributed by atoms with E-state index in [1.165, 1.54) is 6.07 Å². The molecule has 3 aromatic carbocycles. The molecule has 38 heavy (non-hydrogen) atoms. The zero-order chi connectivity index (χ0) is 26.6. The third-order valence-corrected chi connectivity index (χ3v) is 11.2. The van der Waals surface area contributed by atoms with Gasteiger partial charge in [-0.15, -0.1) is 0 Å². The highest BCUT2D eigenvalue weighted by Crippen LogP contribution is 2.60. The summed E-state index contributed by atoms with van der Waals surface area (Å²) in [5.41, 5.74) is 2.73. The maximum absolute atomic E-state index is 13.5. The Labute approximate surface area is 236 Å². The van der Waals surface area contributed by atoms with Gasteiger partial charge >= 0.3 is 5.97 Å². The number of ketones is 1. The summed E-state index contributed by atoms with van der Waals surface area (Å²) in [6, 6.07) is 23.3. The minimum atomic E-state index is -0.757. The van der Waals surface area contributed by atoms with E-state index in [1.54, 1.807) is 30.3 Å². The number of anilines is 1. The molecule has 2 saturated carbocycles. The Kier molecular flexibility index (Phi) is 6.56. The number of imide groups is 1. The number of halogens is 2. The molecule has 2 amide bonds. The smallest absolute Gasteiger partial charge is 0.340 e. The predicted octanol–water partition coefficient (Wildman–Crippen LogP) is 5.68. The van der Waals surface area contributed by atoms with Gasteiger partial charge in [-0.05, 0) is 41.5 Å². The van der Waals surface area contributed by atoms with E-state index in [0.29, 0.717) is 5.56 Å². The molecule has 3 aromatic rings. The van der Waals surface area contributed by atoms with Crippen LogP contribution in [-0.4, -0.2) is 39.8 Å². The fourth-order valence-electron chi connectivity index (χ4n) is 6.20. The van der Waals surface area contributed by atoms with E-state index in [2.05, 4.69) is 31.9 Å². The lowest BCUT2D eigenvalue weighted by Crippen LogP contribution is -2.37. The van der Waals surface area contributed by atoms with Gasteiger partial charge in [0.05, 0.1) is 23.1 Å². The maximum atomic E-state index is 13.5. The Bertz CT molecular complexity index is 1410. The number of ether oxygens (including phenoxy) is 1. The van der Waals surface area contributed by atoms with Crippen LogP contribution >= 0.6 is 31.9 Å². The third kappa shape index (κ3) is 4.05. The van der Waals surface area contributed by atoms with Gasteiger partial charge in [-0.3, -0.25) is 14.4 Å². The largest absolute Gasteiger partial charge is 0.454 e. The number of carbonyl (C=O) groups excluding carboxylic acids is 4. The van der Waals surface area contributed by atoms with Crippen LogP contribution in [0.2, 0.25) is 0 Å². The number of carbonyl (C=O) groups is 4. The molecule has 2 aliphatic carbocycles. The van der Waals surface area contributed by atoms with Crippen LogP contribution in [-0.2, 0) is 14.3 Å². The van der Waals surface area contributed by atoms with Crippen LogP contribution in [0.4, 0.5) is 5.69 Å². The van der Waals surface area contributed by atoms with Gasteiger partial charge in [0.2, 0.25) is 11.8 Å². The van der Waals surface area contributed by atoms with Gasteiger partial charge < -0.3 is 4.74 Å². The molecule has 1 aliphatic heterocycles. The summed E-state index contributed by atoms with van der Waals surface area (Å²) in [5, 5.41) is 0. The predicted molar refractivity (Wildman–Crippen MR) is 149 cm³/mol. The van der Waals surface area contributed by atoms with Gasteiger partial charge in [0, 0.05) is 15.2 Å². The van der Waals surface area contributed by atoms with E-state index in [0.717, 1.165) is 22.4 Å². The fourth-order valence-corrected chi connectivity index (χ4v) is 8.07. The first-order valence-electron chi connectivity index (χ1n) is 12.5. The second-order valence-electron chi connectivity index (χ2n) is 9.98. The highest BCUT2D eigenvalue weighted by atomic mass is 79.9. The van der Waals surface area contributed by atoms with E-state index in [-0.39, 0.29) is 50.3 Å².